The fourth-order valence-corrected chi connectivity index (χ4v) is 3.20. The maximum Gasteiger partial charge on any atom is 0.251 e. The van der Waals surface area contributed by atoms with Gasteiger partial charge in [-0.25, -0.2) is 26.3 Å². The van der Waals surface area contributed by atoms with Crippen LogP contribution in [-0.4, -0.2) is 36.5 Å². The van der Waals surface area contributed by atoms with E-state index < -0.39 is 81.0 Å². The molecule has 0 heterocycles. The van der Waals surface area contributed by atoms with Gasteiger partial charge in [0.15, 0.2) is 52.2 Å². The Balaban J connectivity index is 0.000000331. The van der Waals surface area contributed by atoms with Gasteiger partial charge in [0.05, 0.1) is 30.4 Å². The van der Waals surface area contributed by atoms with E-state index >= 15 is 0 Å². The SMILES string of the molecule is CCCCCCOc1c(F)ccc(C(N)=O)c1F.COc1c(F)ccc(C(N)=O)c1F.NC(=O)c1ccc(F)c(O)c1F. The molecule has 3 aromatic rings. The van der Waals surface area contributed by atoms with Gasteiger partial charge in [0.1, 0.15) is 0 Å². The van der Waals surface area contributed by atoms with Crippen molar-refractivity contribution in [3.05, 3.63) is 88.0 Å². The van der Waals surface area contributed by atoms with Crippen molar-refractivity contribution >= 4 is 17.7 Å². The van der Waals surface area contributed by atoms with Gasteiger partial charge in [0, 0.05) is 0 Å². The van der Waals surface area contributed by atoms with Gasteiger partial charge in [-0.3, -0.25) is 14.4 Å². The third-order valence-corrected chi connectivity index (χ3v) is 5.41. The van der Waals surface area contributed by atoms with Crippen LogP contribution in [0.1, 0.15) is 63.7 Å². The third kappa shape index (κ3) is 10.1. The van der Waals surface area contributed by atoms with Gasteiger partial charge in [-0.15, -0.1) is 0 Å². The number of nitrogens with two attached hydrogens (primary N) is 3. The van der Waals surface area contributed by atoms with Crippen LogP contribution in [0.3, 0.4) is 0 Å². The minimum Gasteiger partial charge on any atom is -0.503 e. The lowest BCUT2D eigenvalue weighted by atomic mass is 10.2. The minimum absolute atomic E-state index is 0.218. The third-order valence-electron chi connectivity index (χ3n) is 5.41. The minimum atomic E-state index is -1.33. The molecule has 43 heavy (non-hydrogen) atoms. The zero-order valence-electron chi connectivity index (χ0n) is 23.0. The molecule has 15 heteroatoms. The molecule has 0 bridgehead atoms. The van der Waals surface area contributed by atoms with Crippen molar-refractivity contribution in [2.24, 2.45) is 17.2 Å². The van der Waals surface area contributed by atoms with Crippen LogP contribution in [0.15, 0.2) is 36.4 Å². The van der Waals surface area contributed by atoms with Crippen LogP contribution in [0.4, 0.5) is 26.3 Å². The Morgan fingerprint density at radius 2 is 1.07 bits per heavy atom. The molecule has 234 valence electrons. The van der Waals surface area contributed by atoms with Crippen molar-refractivity contribution in [2.45, 2.75) is 32.6 Å². The van der Waals surface area contributed by atoms with E-state index in [-0.39, 0.29) is 12.2 Å². The summed E-state index contributed by atoms with van der Waals surface area (Å²) in [7, 11) is 1.10. The summed E-state index contributed by atoms with van der Waals surface area (Å²) >= 11 is 0. The highest BCUT2D eigenvalue weighted by atomic mass is 19.2. The normalized spacial score (nSPS) is 10.0. The molecule has 0 saturated carbocycles. The maximum absolute atomic E-state index is 13.7. The van der Waals surface area contributed by atoms with Gasteiger partial charge in [-0.2, -0.15) is 0 Å². The Morgan fingerprint density at radius 1 is 0.651 bits per heavy atom. The molecule has 0 aromatic heterocycles. The smallest absolute Gasteiger partial charge is 0.251 e. The van der Waals surface area contributed by atoms with E-state index in [0.29, 0.717) is 6.42 Å². The Bertz CT molecular complexity index is 1460. The first kappa shape index (κ1) is 36.1. The Labute approximate surface area is 242 Å². The quantitative estimate of drug-likeness (QED) is 0.187. The summed E-state index contributed by atoms with van der Waals surface area (Å²) in [5.74, 6) is -11.5. The second-order valence-corrected chi connectivity index (χ2v) is 8.44. The largest absolute Gasteiger partial charge is 0.503 e. The van der Waals surface area contributed by atoms with Gasteiger partial charge in [-0.1, -0.05) is 26.2 Å². The monoisotopic (exact) mass is 617 g/mol. The second-order valence-electron chi connectivity index (χ2n) is 8.44. The molecule has 0 saturated heterocycles. The van der Waals surface area contributed by atoms with E-state index in [4.69, 9.17) is 27.0 Å². The van der Waals surface area contributed by atoms with Crippen molar-refractivity contribution in [1.29, 1.82) is 0 Å². The summed E-state index contributed by atoms with van der Waals surface area (Å²) in [5, 5.41) is 8.68. The van der Waals surface area contributed by atoms with Crippen LogP contribution in [0.25, 0.3) is 0 Å². The number of hydrogen-bond donors (Lipinski definition) is 4. The molecule has 0 aliphatic rings. The zero-order valence-corrected chi connectivity index (χ0v) is 23.0. The number of phenolic OH excluding ortho intramolecular Hbond substituents is 1. The van der Waals surface area contributed by atoms with E-state index in [9.17, 15) is 40.7 Å². The number of rotatable bonds is 10. The van der Waals surface area contributed by atoms with E-state index in [1.54, 1.807) is 0 Å². The molecule has 3 amide bonds. The van der Waals surface area contributed by atoms with E-state index in [1.807, 2.05) is 0 Å². The lowest BCUT2D eigenvalue weighted by Gasteiger charge is -2.09. The van der Waals surface area contributed by atoms with Gasteiger partial charge >= 0.3 is 0 Å². The van der Waals surface area contributed by atoms with Crippen LogP contribution < -0.4 is 26.7 Å². The van der Waals surface area contributed by atoms with Gasteiger partial charge in [0.2, 0.25) is 0 Å². The summed E-state index contributed by atoms with van der Waals surface area (Å²) in [6.45, 7) is 2.28. The van der Waals surface area contributed by atoms with Gasteiger partial charge in [0.25, 0.3) is 17.7 Å². The second kappa shape index (κ2) is 17.1. The summed E-state index contributed by atoms with van der Waals surface area (Å²) in [6.07, 6.45) is 3.78. The molecule has 3 aromatic carbocycles. The average molecular weight is 618 g/mol. The highest BCUT2D eigenvalue weighted by Crippen LogP contribution is 2.25. The molecule has 0 spiro atoms. The molecule has 0 radical (unpaired) electrons. The van der Waals surface area contributed by atoms with E-state index in [0.717, 1.165) is 62.8 Å². The first-order valence-corrected chi connectivity index (χ1v) is 12.4. The van der Waals surface area contributed by atoms with Crippen molar-refractivity contribution in [3.8, 4) is 17.2 Å². The van der Waals surface area contributed by atoms with Crippen LogP contribution in [0, 0.1) is 34.9 Å². The molecule has 7 N–H and O–H groups in total. The number of hydrogen-bond acceptors (Lipinski definition) is 6. The standard InChI is InChI=1S/C13H17F2NO2.C8H7F2NO2.C7H5F2NO2/c1-2-3-4-5-8-18-12-10(14)7-6-9(11(12)15)13(16)17;1-13-7-5(9)3-2-4(6(7)10)8(11)12;8-4-2-1-3(7(10)12)5(9)6(4)11/h6-7H,2-5,8H2,1H3,(H2,16,17);2-3H,1H3,(H2,11,12);1-2,11H,(H2,10,12). The van der Waals surface area contributed by atoms with E-state index in [2.05, 4.69) is 11.7 Å². The predicted octanol–water partition coefficient (Wildman–Crippen LogP) is 4.86. The van der Waals surface area contributed by atoms with Crippen LogP contribution in [-0.2, 0) is 0 Å². The molecule has 3 rings (SSSR count). The van der Waals surface area contributed by atoms with Gasteiger partial charge in [-0.05, 0) is 42.8 Å². The number of phenols is 1. The molecule has 0 aliphatic heterocycles. The molecule has 9 nitrogen and oxygen atoms in total. The van der Waals surface area contributed by atoms with E-state index in [1.165, 1.54) is 0 Å². The number of halogens is 6. The first-order chi connectivity index (χ1) is 20.2. The Hall–Kier alpha value is -4.95. The zero-order chi connectivity index (χ0) is 32.9. The number of benzene rings is 3. The van der Waals surface area contributed by atoms with Crippen molar-refractivity contribution in [2.75, 3.05) is 13.7 Å². The van der Waals surface area contributed by atoms with Gasteiger partial charge < -0.3 is 31.8 Å². The number of amides is 3. The van der Waals surface area contributed by atoms with Crippen LogP contribution in [0.2, 0.25) is 0 Å². The predicted molar refractivity (Wildman–Crippen MR) is 142 cm³/mol. The summed E-state index contributed by atoms with van der Waals surface area (Å²) in [6, 6.07) is 5.50. The average Bonchev–Trinajstić information content (AvgIpc) is 2.93. The Kier molecular flexibility index (Phi) is 14.4. The molecular formula is C28H29F6N3O6. The Morgan fingerprint density at radius 3 is 1.51 bits per heavy atom. The summed E-state index contributed by atoms with van der Waals surface area (Å²) < 4.78 is 87.5. The van der Waals surface area contributed by atoms with Crippen molar-refractivity contribution in [3.63, 3.8) is 0 Å². The molecule has 0 unspecified atom stereocenters. The topological polar surface area (TPSA) is 168 Å². The number of unbranched alkanes of at least 4 members (excludes halogenated alkanes) is 3. The van der Waals surface area contributed by atoms with Crippen molar-refractivity contribution < 1.29 is 55.3 Å². The molecule has 0 aliphatic carbocycles. The fraction of sp³-hybridized carbons (Fsp3) is 0.250. The van der Waals surface area contributed by atoms with Crippen LogP contribution >= 0.6 is 0 Å². The number of primary amides is 3. The number of carbonyl (C=O) groups excluding carboxylic acids is 3. The highest BCUT2D eigenvalue weighted by molar-refractivity contribution is 5.94. The first-order valence-electron chi connectivity index (χ1n) is 12.4. The fourth-order valence-electron chi connectivity index (χ4n) is 3.20. The maximum atomic E-state index is 13.7. The van der Waals surface area contributed by atoms with Crippen LogP contribution in [0.5, 0.6) is 17.2 Å². The summed E-state index contributed by atoms with van der Waals surface area (Å²) in [4.78, 5) is 31.9. The van der Waals surface area contributed by atoms with Crippen molar-refractivity contribution in [1.82, 2.24) is 0 Å². The number of ether oxygens (including phenoxy) is 2. The highest BCUT2D eigenvalue weighted by Gasteiger charge is 2.19. The molecule has 0 fully saturated rings. The summed E-state index contributed by atoms with van der Waals surface area (Å²) in [5.41, 5.74) is 13.2. The molecular weight excluding hydrogens is 588 g/mol. The lowest BCUT2D eigenvalue weighted by Crippen LogP contribution is -2.14. The number of aromatic hydroxyl groups is 1. The number of carbonyl (C=O) groups is 3. The molecule has 0 atom stereocenters. The number of methoxy groups -OCH3 is 1. The lowest BCUT2D eigenvalue weighted by molar-refractivity contribution is 0.0986.